The molecule has 18 heavy (non-hydrogen) atoms. The molecule has 1 aromatic heterocycles. The van der Waals surface area contributed by atoms with Crippen LogP contribution in [0.3, 0.4) is 0 Å². The predicted molar refractivity (Wildman–Crippen MR) is 67.0 cm³/mol. The number of carbonyl (C=O) groups is 1. The average molecular weight is 245 g/mol. The Morgan fingerprint density at radius 1 is 1.39 bits per heavy atom. The minimum atomic E-state index is -0.327. The van der Waals surface area contributed by atoms with Gasteiger partial charge in [0.05, 0.1) is 19.2 Å². The van der Waals surface area contributed by atoms with Gasteiger partial charge in [0.25, 0.3) is 0 Å². The van der Waals surface area contributed by atoms with E-state index in [4.69, 9.17) is 5.73 Å². The largest absolute Gasteiger partial charge is 0.465 e. The number of carbonyl (C=O) groups excluding carboxylic acids is 1. The predicted octanol–water partition coefficient (Wildman–Crippen LogP) is 1.18. The molecule has 2 aromatic rings. The number of hydrogen-bond acceptors (Lipinski definition) is 4. The summed E-state index contributed by atoms with van der Waals surface area (Å²) < 4.78 is 6.63. The van der Waals surface area contributed by atoms with Crippen LogP contribution in [-0.4, -0.2) is 22.6 Å². The number of rotatable bonds is 4. The molecule has 2 rings (SSSR count). The van der Waals surface area contributed by atoms with Crippen LogP contribution in [0, 0.1) is 0 Å². The first-order chi connectivity index (χ1) is 8.74. The van der Waals surface area contributed by atoms with E-state index < -0.39 is 0 Å². The Labute approximate surface area is 105 Å². The molecule has 0 saturated heterocycles. The fourth-order valence-corrected chi connectivity index (χ4v) is 1.73. The summed E-state index contributed by atoms with van der Waals surface area (Å²) in [4.78, 5) is 15.4. The van der Waals surface area contributed by atoms with Crippen LogP contribution < -0.4 is 5.73 Å². The van der Waals surface area contributed by atoms with E-state index in [1.165, 1.54) is 7.11 Å². The Kier molecular flexibility index (Phi) is 3.74. The summed E-state index contributed by atoms with van der Waals surface area (Å²) in [6.45, 7) is 1.10. The van der Waals surface area contributed by atoms with E-state index in [1.54, 1.807) is 18.3 Å². The molecule has 5 nitrogen and oxygen atoms in total. The molecule has 0 aliphatic carbocycles. The molecule has 0 fully saturated rings. The maximum absolute atomic E-state index is 11.3. The maximum atomic E-state index is 11.3. The van der Waals surface area contributed by atoms with E-state index in [2.05, 4.69) is 9.72 Å². The van der Waals surface area contributed by atoms with Crippen molar-refractivity contribution in [2.24, 2.45) is 5.73 Å². The van der Waals surface area contributed by atoms with E-state index in [9.17, 15) is 4.79 Å². The van der Waals surface area contributed by atoms with Gasteiger partial charge in [-0.2, -0.15) is 0 Å². The molecule has 0 aliphatic rings. The molecule has 1 heterocycles. The van der Waals surface area contributed by atoms with E-state index in [1.807, 2.05) is 22.9 Å². The van der Waals surface area contributed by atoms with Crippen LogP contribution in [0.15, 0.2) is 36.7 Å². The second-order valence-electron chi connectivity index (χ2n) is 3.86. The quantitative estimate of drug-likeness (QED) is 0.821. The van der Waals surface area contributed by atoms with Gasteiger partial charge >= 0.3 is 5.97 Å². The lowest BCUT2D eigenvalue weighted by Gasteiger charge is -2.07. The van der Waals surface area contributed by atoms with Crippen molar-refractivity contribution in [2.75, 3.05) is 7.11 Å². The Morgan fingerprint density at radius 2 is 2.11 bits per heavy atom. The SMILES string of the molecule is COC(=O)c1ccc(Cn2ccnc2CN)cc1. The first kappa shape index (κ1) is 12.3. The van der Waals surface area contributed by atoms with E-state index in [0.29, 0.717) is 18.7 Å². The number of methoxy groups -OCH3 is 1. The van der Waals surface area contributed by atoms with Crippen molar-refractivity contribution in [3.05, 3.63) is 53.6 Å². The van der Waals surface area contributed by atoms with Crippen LogP contribution in [0.1, 0.15) is 21.7 Å². The highest BCUT2D eigenvalue weighted by atomic mass is 16.5. The third kappa shape index (κ3) is 2.57. The highest BCUT2D eigenvalue weighted by Crippen LogP contribution is 2.08. The zero-order valence-corrected chi connectivity index (χ0v) is 10.2. The number of aromatic nitrogens is 2. The van der Waals surface area contributed by atoms with Crippen LogP contribution in [-0.2, 0) is 17.8 Å². The zero-order valence-electron chi connectivity index (χ0n) is 10.2. The van der Waals surface area contributed by atoms with Crippen molar-refractivity contribution in [2.45, 2.75) is 13.1 Å². The fraction of sp³-hybridized carbons (Fsp3) is 0.231. The van der Waals surface area contributed by atoms with Crippen molar-refractivity contribution in [1.29, 1.82) is 0 Å². The molecule has 5 heteroatoms. The van der Waals surface area contributed by atoms with Crippen LogP contribution in [0.4, 0.5) is 0 Å². The first-order valence-corrected chi connectivity index (χ1v) is 5.62. The van der Waals surface area contributed by atoms with Gasteiger partial charge in [-0.1, -0.05) is 12.1 Å². The molecular formula is C13H15N3O2. The average Bonchev–Trinajstić information content (AvgIpc) is 2.86. The van der Waals surface area contributed by atoms with Gasteiger partial charge in [-0.05, 0) is 17.7 Å². The molecule has 0 radical (unpaired) electrons. The number of hydrogen-bond donors (Lipinski definition) is 1. The highest BCUT2D eigenvalue weighted by molar-refractivity contribution is 5.89. The lowest BCUT2D eigenvalue weighted by Crippen LogP contribution is -2.09. The molecule has 0 spiro atoms. The van der Waals surface area contributed by atoms with Crippen molar-refractivity contribution in [3.63, 3.8) is 0 Å². The summed E-state index contributed by atoms with van der Waals surface area (Å²) in [5.41, 5.74) is 7.21. The number of esters is 1. The van der Waals surface area contributed by atoms with Crippen molar-refractivity contribution in [1.82, 2.24) is 9.55 Å². The molecule has 1 aromatic carbocycles. The topological polar surface area (TPSA) is 70.1 Å². The Bertz CT molecular complexity index is 531. The summed E-state index contributed by atoms with van der Waals surface area (Å²) in [7, 11) is 1.37. The molecule has 94 valence electrons. The van der Waals surface area contributed by atoms with Gasteiger partial charge in [-0.3, -0.25) is 0 Å². The van der Waals surface area contributed by atoms with Gasteiger partial charge in [-0.25, -0.2) is 9.78 Å². The van der Waals surface area contributed by atoms with Crippen LogP contribution in [0.5, 0.6) is 0 Å². The number of imidazole rings is 1. The fourth-order valence-electron chi connectivity index (χ4n) is 1.73. The third-order valence-corrected chi connectivity index (χ3v) is 2.71. The highest BCUT2D eigenvalue weighted by Gasteiger charge is 2.05. The first-order valence-electron chi connectivity index (χ1n) is 5.62. The molecule has 0 atom stereocenters. The van der Waals surface area contributed by atoms with Crippen molar-refractivity contribution < 1.29 is 9.53 Å². The molecular weight excluding hydrogens is 230 g/mol. The van der Waals surface area contributed by atoms with Crippen molar-refractivity contribution in [3.8, 4) is 0 Å². The molecule has 2 N–H and O–H groups in total. The minimum Gasteiger partial charge on any atom is -0.465 e. The number of nitrogens with zero attached hydrogens (tertiary/aromatic N) is 2. The Balaban J connectivity index is 2.13. The second-order valence-corrected chi connectivity index (χ2v) is 3.86. The zero-order chi connectivity index (χ0) is 13.0. The maximum Gasteiger partial charge on any atom is 0.337 e. The third-order valence-electron chi connectivity index (χ3n) is 2.71. The van der Waals surface area contributed by atoms with Crippen LogP contribution in [0.2, 0.25) is 0 Å². The van der Waals surface area contributed by atoms with Gasteiger partial charge in [0.2, 0.25) is 0 Å². The Morgan fingerprint density at radius 3 is 2.72 bits per heavy atom. The van der Waals surface area contributed by atoms with Gasteiger partial charge in [0, 0.05) is 18.9 Å². The monoisotopic (exact) mass is 245 g/mol. The number of nitrogens with two attached hydrogens (primary N) is 1. The molecule has 0 saturated carbocycles. The van der Waals surface area contributed by atoms with Gasteiger partial charge < -0.3 is 15.0 Å². The van der Waals surface area contributed by atoms with Gasteiger partial charge in [-0.15, -0.1) is 0 Å². The summed E-state index contributed by atoms with van der Waals surface area (Å²) in [6, 6.07) is 7.29. The lowest BCUT2D eigenvalue weighted by atomic mass is 10.1. The number of benzene rings is 1. The summed E-state index contributed by atoms with van der Waals surface area (Å²) in [5, 5.41) is 0. The van der Waals surface area contributed by atoms with E-state index in [0.717, 1.165) is 11.4 Å². The standard InChI is InChI=1S/C13H15N3O2/c1-18-13(17)11-4-2-10(3-5-11)9-16-7-6-15-12(16)8-14/h2-7H,8-9,14H2,1H3. The molecule has 0 aliphatic heterocycles. The lowest BCUT2D eigenvalue weighted by molar-refractivity contribution is 0.0600. The molecule has 0 unspecified atom stereocenters. The summed E-state index contributed by atoms with van der Waals surface area (Å²) >= 11 is 0. The smallest absolute Gasteiger partial charge is 0.337 e. The van der Waals surface area contributed by atoms with Crippen molar-refractivity contribution >= 4 is 5.97 Å². The van der Waals surface area contributed by atoms with Crippen LogP contribution >= 0.6 is 0 Å². The summed E-state index contributed by atoms with van der Waals surface area (Å²) in [6.07, 6.45) is 3.61. The summed E-state index contributed by atoms with van der Waals surface area (Å²) in [5.74, 6) is 0.513. The van der Waals surface area contributed by atoms with Crippen LogP contribution in [0.25, 0.3) is 0 Å². The second kappa shape index (κ2) is 5.46. The van der Waals surface area contributed by atoms with Gasteiger partial charge in [0.15, 0.2) is 0 Å². The molecule has 0 bridgehead atoms. The van der Waals surface area contributed by atoms with E-state index in [-0.39, 0.29) is 5.97 Å². The number of ether oxygens (including phenoxy) is 1. The van der Waals surface area contributed by atoms with Gasteiger partial charge in [0.1, 0.15) is 5.82 Å². The Hall–Kier alpha value is -2.14. The minimum absolute atomic E-state index is 0.327. The normalized spacial score (nSPS) is 10.3. The molecule has 0 amide bonds. The van der Waals surface area contributed by atoms with E-state index >= 15 is 0 Å².